The number of nitrogens with zero attached hydrogens (tertiary/aromatic N) is 2. The smallest absolute Gasteiger partial charge is 0.414 e. The van der Waals surface area contributed by atoms with E-state index in [1.54, 1.807) is 48.8 Å². The Labute approximate surface area is 193 Å². The molecule has 1 N–H and O–H groups in total. The first-order valence-corrected chi connectivity index (χ1v) is 11.6. The van der Waals surface area contributed by atoms with E-state index in [-0.39, 0.29) is 19.0 Å². The summed E-state index contributed by atoms with van der Waals surface area (Å²) in [5, 5.41) is 2.61. The van der Waals surface area contributed by atoms with Gasteiger partial charge in [-0.05, 0) is 53.6 Å². The normalized spacial score (nSPS) is 16.4. The van der Waals surface area contributed by atoms with Crippen LogP contribution in [0.3, 0.4) is 0 Å². The van der Waals surface area contributed by atoms with Gasteiger partial charge in [0.1, 0.15) is 11.9 Å². The second-order valence-electron chi connectivity index (χ2n) is 7.59. The number of aromatic nitrogens is 1. The van der Waals surface area contributed by atoms with Crippen molar-refractivity contribution in [3.8, 4) is 11.1 Å². The number of cyclic esters (lactones) is 1. The Hall–Kier alpha value is -3.59. The van der Waals surface area contributed by atoms with Gasteiger partial charge in [0.25, 0.3) is 0 Å². The third-order valence-electron chi connectivity index (χ3n) is 5.19. The van der Waals surface area contributed by atoms with Gasteiger partial charge in [0.2, 0.25) is 5.91 Å². The molecule has 9 heteroatoms. The fourth-order valence-corrected chi connectivity index (χ4v) is 4.60. The summed E-state index contributed by atoms with van der Waals surface area (Å²) < 4.78 is 32.7. The van der Waals surface area contributed by atoms with Gasteiger partial charge in [-0.2, -0.15) is 0 Å². The van der Waals surface area contributed by atoms with Gasteiger partial charge < -0.3 is 10.1 Å². The van der Waals surface area contributed by atoms with Crippen molar-refractivity contribution < 1.29 is 22.9 Å². The molecule has 2 heterocycles. The second-order valence-corrected chi connectivity index (χ2v) is 9.04. The molecular formula is C24H22FN3O4S. The number of rotatable bonds is 7. The molecule has 1 saturated heterocycles. The highest BCUT2D eigenvalue weighted by Gasteiger charge is 2.32. The molecule has 1 aromatic heterocycles. The monoisotopic (exact) mass is 467 g/mol. The molecule has 33 heavy (non-hydrogen) atoms. The number of benzene rings is 2. The standard InChI is InChI=1S/C24H22FN3O4S/c1-16(29)27-13-20-14-28(24(30)32-20)19-4-7-22(23(25)12-19)18-2-5-21(6-3-18)33(31)15-17-8-10-26-11-9-17/h2-12,20H,13-15H2,1H3,(H,27,29). The first-order valence-electron chi connectivity index (χ1n) is 10.3. The molecule has 0 radical (unpaired) electrons. The zero-order valence-corrected chi connectivity index (χ0v) is 18.7. The second kappa shape index (κ2) is 9.91. The molecule has 1 aliphatic rings. The van der Waals surface area contributed by atoms with E-state index in [0.717, 1.165) is 5.56 Å². The van der Waals surface area contributed by atoms with Crippen LogP contribution in [-0.2, 0) is 26.1 Å². The summed E-state index contributed by atoms with van der Waals surface area (Å²) in [7, 11) is -1.23. The van der Waals surface area contributed by atoms with E-state index in [1.807, 2.05) is 12.1 Å². The quantitative estimate of drug-likeness (QED) is 0.573. The van der Waals surface area contributed by atoms with Crippen LogP contribution in [0.25, 0.3) is 11.1 Å². The maximum absolute atomic E-state index is 14.9. The number of anilines is 1. The Morgan fingerprint density at radius 1 is 1.18 bits per heavy atom. The van der Waals surface area contributed by atoms with Crippen LogP contribution in [0.5, 0.6) is 0 Å². The average molecular weight is 468 g/mol. The molecule has 2 amide bonds. The van der Waals surface area contributed by atoms with Crippen LogP contribution in [0.15, 0.2) is 71.9 Å². The van der Waals surface area contributed by atoms with Crippen LogP contribution in [0.4, 0.5) is 14.9 Å². The predicted octanol–water partition coefficient (Wildman–Crippen LogP) is 3.66. The summed E-state index contributed by atoms with van der Waals surface area (Å²) in [5.41, 5.74) is 2.30. The number of halogens is 1. The van der Waals surface area contributed by atoms with Gasteiger partial charge in [-0.25, -0.2) is 9.18 Å². The number of carbonyl (C=O) groups excluding carboxylic acids is 2. The van der Waals surface area contributed by atoms with Gasteiger partial charge >= 0.3 is 6.09 Å². The SMILES string of the molecule is CC(=O)NCC1CN(c2ccc(-c3ccc(S(=O)Cc4ccncc4)cc3)c(F)c2)C(=O)O1. The average Bonchev–Trinajstić information content (AvgIpc) is 3.19. The zero-order valence-electron chi connectivity index (χ0n) is 17.9. The van der Waals surface area contributed by atoms with Crippen molar-refractivity contribution in [1.29, 1.82) is 0 Å². The fourth-order valence-electron chi connectivity index (χ4n) is 3.50. The molecule has 170 valence electrons. The topological polar surface area (TPSA) is 88.6 Å². The van der Waals surface area contributed by atoms with Gasteiger partial charge in [0.05, 0.1) is 35.3 Å². The number of ether oxygens (including phenoxy) is 1. The predicted molar refractivity (Wildman–Crippen MR) is 122 cm³/mol. The molecule has 3 aromatic rings. The van der Waals surface area contributed by atoms with Crippen molar-refractivity contribution in [2.24, 2.45) is 0 Å². The maximum atomic E-state index is 14.9. The fraction of sp³-hybridized carbons (Fsp3) is 0.208. The Balaban J connectivity index is 1.45. The number of pyridine rings is 1. The number of hydrogen-bond donors (Lipinski definition) is 1. The van der Waals surface area contributed by atoms with Crippen molar-refractivity contribution in [2.45, 2.75) is 23.7 Å². The van der Waals surface area contributed by atoms with E-state index >= 15 is 0 Å². The van der Waals surface area contributed by atoms with E-state index in [2.05, 4.69) is 10.3 Å². The van der Waals surface area contributed by atoms with Crippen LogP contribution in [0.1, 0.15) is 12.5 Å². The van der Waals surface area contributed by atoms with Crippen LogP contribution in [0.2, 0.25) is 0 Å². The lowest BCUT2D eigenvalue weighted by Gasteiger charge is -2.14. The van der Waals surface area contributed by atoms with Crippen molar-refractivity contribution >= 4 is 28.5 Å². The summed E-state index contributed by atoms with van der Waals surface area (Å²) in [5.74, 6) is -0.330. The third kappa shape index (κ3) is 5.43. The van der Waals surface area contributed by atoms with Gasteiger partial charge in [-0.1, -0.05) is 12.1 Å². The molecule has 1 fully saturated rings. The summed E-state index contributed by atoms with van der Waals surface area (Å²) >= 11 is 0. The summed E-state index contributed by atoms with van der Waals surface area (Å²) in [6.07, 6.45) is 2.24. The highest BCUT2D eigenvalue weighted by molar-refractivity contribution is 7.84. The van der Waals surface area contributed by atoms with Crippen molar-refractivity contribution in [1.82, 2.24) is 10.3 Å². The summed E-state index contributed by atoms with van der Waals surface area (Å²) in [4.78, 5) is 29.2. The van der Waals surface area contributed by atoms with E-state index < -0.39 is 28.8 Å². The number of amides is 2. The minimum atomic E-state index is -1.23. The Bertz CT molecular complexity index is 1190. The van der Waals surface area contributed by atoms with Crippen LogP contribution in [-0.4, -0.2) is 40.4 Å². The lowest BCUT2D eigenvalue weighted by molar-refractivity contribution is -0.119. The molecule has 0 saturated carbocycles. The minimum absolute atomic E-state index is 0.201. The van der Waals surface area contributed by atoms with E-state index in [4.69, 9.17) is 4.74 Å². The molecule has 7 nitrogen and oxygen atoms in total. The van der Waals surface area contributed by atoms with Crippen LogP contribution < -0.4 is 10.2 Å². The number of nitrogens with one attached hydrogen (secondary N) is 1. The molecule has 0 spiro atoms. The molecule has 2 atom stereocenters. The molecular weight excluding hydrogens is 445 g/mol. The number of hydrogen-bond acceptors (Lipinski definition) is 5. The maximum Gasteiger partial charge on any atom is 0.414 e. The lowest BCUT2D eigenvalue weighted by Crippen LogP contribution is -2.33. The highest BCUT2D eigenvalue weighted by atomic mass is 32.2. The molecule has 1 aliphatic heterocycles. The molecule has 2 aromatic carbocycles. The largest absolute Gasteiger partial charge is 0.442 e. The van der Waals surface area contributed by atoms with Gasteiger partial charge in [0, 0.05) is 29.8 Å². The Morgan fingerprint density at radius 3 is 2.58 bits per heavy atom. The number of carbonyl (C=O) groups is 2. The molecule has 2 unspecified atom stereocenters. The molecule has 4 rings (SSSR count). The molecule has 0 aliphatic carbocycles. The van der Waals surface area contributed by atoms with Gasteiger partial charge in [0.15, 0.2) is 0 Å². The molecule has 0 bridgehead atoms. The summed E-state index contributed by atoms with van der Waals surface area (Å²) in [6, 6.07) is 15.1. The van der Waals surface area contributed by atoms with E-state index in [9.17, 15) is 18.2 Å². The van der Waals surface area contributed by atoms with E-state index in [1.165, 1.54) is 17.9 Å². The third-order valence-corrected chi connectivity index (χ3v) is 6.59. The van der Waals surface area contributed by atoms with Crippen LogP contribution >= 0.6 is 0 Å². The van der Waals surface area contributed by atoms with Crippen molar-refractivity contribution in [3.05, 3.63) is 78.4 Å². The first-order chi connectivity index (χ1) is 15.9. The van der Waals surface area contributed by atoms with Crippen molar-refractivity contribution in [2.75, 3.05) is 18.0 Å². The Kier molecular flexibility index (Phi) is 6.79. The highest BCUT2D eigenvalue weighted by Crippen LogP contribution is 2.29. The van der Waals surface area contributed by atoms with Crippen molar-refractivity contribution in [3.63, 3.8) is 0 Å². The van der Waals surface area contributed by atoms with Gasteiger partial charge in [-0.3, -0.25) is 18.9 Å². The summed E-state index contributed by atoms with van der Waals surface area (Å²) in [6.45, 7) is 1.80. The zero-order chi connectivity index (χ0) is 23.4. The van der Waals surface area contributed by atoms with E-state index in [0.29, 0.717) is 27.5 Å². The minimum Gasteiger partial charge on any atom is -0.442 e. The first kappa shape index (κ1) is 22.6. The lowest BCUT2D eigenvalue weighted by atomic mass is 10.0. The Morgan fingerprint density at radius 2 is 1.91 bits per heavy atom. The van der Waals surface area contributed by atoms with Crippen LogP contribution in [0, 0.1) is 5.82 Å². The van der Waals surface area contributed by atoms with Gasteiger partial charge in [-0.15, -0.1) is 0 Å².